The van der Waals surface area contributed by atoms with Gasteiger partial charge in [0.15, 0.2) is 0 Å². The smallest absolute Gasteiger partial charge is 0.270 e. The lowest BCUT2D eigenvalue weighted by Crippen LogP contribution is -2.22. The number of fused-ring (bicyclic) bond motifs is 2. The molecular weight excluding hydrogens is 416 g/mol. The van der Waals surface area contributed by atoms with Gasteiger partial charge in [-0.3, -0.25) is 14.9 Å². The van der Waals surface area contributed by atoms with Gasteiger partial charge in [-0.25, -0.2) is 4.98 Å². The zero-order chi connectivity index (χ0) is 23.0. The SMILES string of the molecule is O=C(/C=C/c1cccc([N+](=O)[O-])c1)NCCCCNc1c2ccccc2nc2ccccc12. The number of nitro groups is 1. The van der Waals surface area contributed by atoms with Crippen LogP contribution in [-0.4, -0.2) is 28.9 Å². The molecule has 0 bridgehead atoms. The van der Waals surface area contributed by atoms with E-state index in [0.717, 1.165) is 46.9 Å². The van der Waals surface area contributed by atoms with E-state index < -0.39 is 4.92 Å². The minimum absolute atomic E-state index is 0.000174. The second kappa shape index (κ2) is 10.4. The Hall–Kier alpha value is -4.26. The summed E-state index contributed by atoms with van der Waals surface area (Å²) in [5.41, 5.74) is 3.61. The Morgan fingerprint density at radius 3 is 2.27 bits per heavy atom. The van der Waals surface area contributed by atoms with Gasteiger partial charge in [0, 0.05) is 42.1 Å². The predicted octanol–water partition coefficient (Wildman–Crippen LogP) is 5.32. The number of rotatable bonds is 9. The van der Waals surface area contributed by atoms with Crippen LogP contribution in [0.3, 0.4) is 0 Å². The Kier molecular flexibility index (Phi) is 6.90. The van der Waals surface area contributed by atoms with Crippen LogP contribution in [0.4, 0.5) is 11.4 Å². The van der Waals surface area contributed by atoms with Crippen LogP contribution in [0.25, 0.3) is 27.9 Å². The lowest BCUT2D eigenvalue weighted by Gasteiger charge is -2.13. The Morgan fingerprint density at radius 1 is 0.909 bits per heavy atom. The molecule has 1 amide bonds. The van der Waals surface area contributed by atoms with Crippen LogP contribution in [-0.2, 0) is 4.79 Å². The maximum Gasteiger partial charge on any atom is 0.270 e. The molecule has 1 aromatic heterocycles. The summed E-state index contributed by atoms with van der Waals surface area (Å²) in [6.07, 6.45) is 4.68. The number of aromatic nitrogens is 1. The van der Waals surface area contributed by atoms with Crippen molar-refractivity contribution >= 4 is 45.2 Å². The molecule has 7 nitrogen and oxygen atoms in total. The highest BCUT2D eigenvalue weighted by Crippen LogP contribution is 2.30. The first-order valence-electron chi connectivity index (χ1n) is 10.8. The molecule has 0 unspecified atom stereocenters. The molecule has 3 aromatic carbocycles. The van der Waals surface area contributed by atoms with Gasteiger partial charge in [0.2, 0.25) is 5.91 Å². The standard InChI is InChI=1S/C26H24N4O3/c31-25(15-14-19-8-7-9-20(18-19)30(32)33)27-16-5-6-17-28-26-21-10-1-3-12-23(21)29-24-13-4-2-11-22(24)26/h1-4,7-15,18H,5-6,16-17H2,(H,27,31)(H,28,29)/b15-14+. The highest BCUT2D eigenvalue weighted by molar-refractivity contribution is 6.07. The number of nitro benzene ring substituents is 1. The molecule has 0 saturated carbocycles. The topological polar surface area (TPSA) is 97.2 Å². The number of anilines is 1. The Morgan fingerprint density at radius 2 is 1.58 bits per heavy atom. The van der Waals surface area contributed by atoms with Gasteiger partial charge >= 0.3 is 0 Å². The summed E-state index contributed by atoms with van der Waals surface area (Å²) >= 11 is 0. The van der Waals surface area contributed by atoms with Gasteiger partial charge in [-0.05, 0) is 36.6 Å². The molecule has 0 atom stereocenters. The third-order valence-electron chi connectivity index (χ3n) is 5.30. The third-order valence-corrected chi connectivity index (χ3v) is 5.30. The van der Waals surface area contributed by atoms with Crippen LogP contribution < -0.4 is 10.6 Å². The zero-order valence-electron chi connectivity index (χ0n) is 18.0. The lowest BCUT2D eigenvalue weighted by molar-refractivity contribution is -0.384. The molecule has 0 saturated heterocycles. The Balaban J connectivity index is 1.27. The number of unbranched alkanes of at least 4 members (excludes halogenated alkanes) is 1. The lowest BCUT2D eigenvalue weighted by atomic mass is 10.1. The minimum Gasteiger partial charge on any atom is -0.384 e. The van der Waals surface area contributed by atoms with E-state index in [0.29, 0.717) is 12.1 Å². The summed E-state index contributed by atoms with van der Waals surface area (Å²) in [6, 6.07) is 22.4. The van der Waals surface area contributed by atoms with Gasteiger partial charge in [-0.1, -0.05) is 48.5 Å². The van der Waals surface area contributed by atoms with Crippen LogP contribution in [0.5, 0.6) is 0 Å². The number of amides is 1. The summed E-state index contributed by atoms with van der Waals surface area (Å²) in [7, 11) is 0. The van der Waals surface area contributed by atoms with E-state index in [9.17, 15) is 14.9 Å². The minimum atomic E-state index is -0.455. The molecule has 0 aliphatic carbocycles. The average molecular weight is 441 g/mol. The summed E-state index contributed by atoms with van der Waals surface area (Å²) in [4.78, 5) is 27.1. The van der Waals surface area contributed by atoms with Crippen molar-refractivity contribution in [1.29, 1.82) is 0 Å². The average Bonchev–Trinajstić information content (AvgIpc) is 2.84. The van der Waals surface area contributed by atoms with Crippen LogP contribution >= 0.6 is 0 Å². The number of nitrogens with zero attached hydrogens (tertiary/aromatic N) is 2. The fourth-order valence-corrected chi connectivity index (χ4v) is 3.68. The molecule has 0 radical (unpaired) electrons. The third kappa shape index (κ3) is 5.51. The van der Waals surface area contributed by atoms with Crippen molar-refractivity contribution in [3.8, 4) is 0 Å². The van der Waals surface area contributed by atoms with Crippen molar-refractivity contribution in [2.24, 2.45) is 0 Å². The number of hydrogen-bond donors (Lipinski definition) is 2. The van der Waals surface area contributed by atoms with Crippen molar-refractivity contribution in [2.75, 3.05) is 18.4 Å². The first kappa shape index (κ1) is 22.0. The van der Waals surface area contributed by atoms with E-state index in [2.05, 4.69) is 22.8 Å². The summed E-state index contributed by atoms with van der Waals surface area (Å²) in [6.45, 7) is 1.33. The van der Waals surface area contributed by atoms with E-state index in [4.69, 9.17) is 4.98 Å². The monoisotopic (exact) mass is 440 g/mol. The molecule has 7 heteroatoms. The van der Waals surface area contributed by atoms with Gasteiger partial charge in [0.25, 0.3) is 5.69 Å². The first-order valence-corrected chi connectivity index (χ1v) is 10.8. The molecule has 0 aliphatic heterocycles. The fraction of sp³-hybridized carbons (Fsp3) is 0.154. The molecule has 0 spiro atoms. The van der Waals surface area contributed by atoms with Crippen molar-refractivity contribution in [2.45, 2.75) is 12.8 Å². The quantitative estimate of drug-likeness (QED) is 0.121. The van der Waals surface area contributed by atoms with E-state index in [-0.39, 0.29) is 11.6 Å². The fourth-order valence-electron chi connectivity index (χ4n) is 3.68. The Bertz CT molecular complexity index is 1280. The van der Waals surface area contributed by atoms with Crippen molar-refractivity contribution in [3.05, 3.63) is 94.6 Å². The molecule has 0 aliphatic rings. The van der Waals surface area contributed by atoms with Crippen molar-refractivity contribution < 1.29 is 9.72 Å². The normalized spacial score (nSPS) is 11.2. The number of hydrogen-bond acceptors (Lipinski definition) is 5. The number of carbonyl (C=O) groups excluding carboxylic acids is 1. The maximum absolute atomic E-state index is 12.0. The number of para-hydroxylation sites is 2. The number of benzene rings is 3. The summed E-state index contributed by atoms with van der Waals surface area (Å²) in [5.74, 6) is -0.222. The molecular formula is C26H24N4O3. The van der Waals surface area contributed by atoms with Crippen molar-refractivity contribution in [1.82, 2.24) is 10.3 Å². The molecule has 166 valence electrons. The molecule has 4 rings (SSSR count). The number of pyridine rings is 1. The number of non-ortho nitro benzene ring substituents is 1. The van der Waals surface area contributed by atoms with E-state index >= 15 is 0 Å². The first-order chi connectivity index (χ1) is 16.1. The molecule has 0 fully saturated rings. The number of carbonyl (C=O) groups is 1. The number of nitrogens with one attached hydrogen (secondary N) is 2. The highest BCUT2D eigenvalue weighted by atomic mass is 16.6. The van der Waals surface area contributed by atoms with Crippen LogP contribution in [0.2, 0.25) is 0 Å². The highest BCUT2D eigenvalue weighted by Gasteiger charge is 2.08. The van der Waals surface area contributed by atoms with Crippen molar-refractivity contribution in [3.63, 3.8) is 0 Å². The van der Waals surface area contributed by atoms with Crippen LogP contribution in [0, 0.1) is 10.1 Å². The van der Waals surface area contributed by atoms with E-state index in [1.54, 1.807) is 18.2 Å². The molecule has 33 heavy (non-hydrogen) atoms. The summed E-state index contributed by atoms with van der Waals surface area (Å²) in [5, 5.41) is 19.4. The second-order valence-electron chi connectivity index (χ2n) is 7.63. The zero-order valence-corrected chi connectivity index (χ0v) is 18.0. The van der Waals surface area contributed by atoms with Crippen LogP contribution in [0.15, 0.2) is 78.9 Å². The van der Waals surface area contributed by atoms with Gasteiger partial charge < -0.3 is 10.6 Å². The molecule has 1 heterocycles. The molecule has 4 aromatic rings. The van der Waals surface area contributed by atoms with Gasteiger partial charge in [0.05, 0.1) is 21.6 Å². The van der Waals surface area contributed by atoms with Crippen LogP contribution in [0.1, 0.15) is 18.4 Å². The largest absolute Gasteiger partial charge is 0.384 e. The predicted molar refractivity (Wildman–Crippen MR) is 132 cm³/mol. The van der Waals surface area contributed by atoms with Gasteiger partial charge in [-0.15, -0.1) is 0 Å². The second-order valence-corrected chi connectivity index (χ2v) is 7.63. The Labute approximate surface area is 191 Å². The maximum atomic E-state index is 12.0. The summed E-state index contributed by atoms with van der Waals surface area (Å²) < 4.78 is 0. The molecule has 2 N–H and O–H groups in total. The van der Waals surface area contributed by atoms with Gasteiger partial charge in [-0.2, -0.15) is 0 Å². The van der Waals surface area contributed by atoms with Gasteiger partial charge in [0.1, 0.15) is 0 Å². The van der Waals surface area contributed by atoms with E-state index in [1.165, 1.54) is 18.2 Å². The van der Waals surface area contributed by atoms with E-state index in [1.807, 2.05) is 36.4 Å².